The van der Waals surface area contributed by atoms with Crippen LogP contribution in [0.25, 0.3) is 33.2 Å². The third kappa shape index (κ3) is 3.55. The van der Waals surface area contributed by atoms with Gasteiger partial charge in [-0.3, -0.25) is 5.10 Å². The number of aromatic nitrogens is 4. The van der Waals surface area contributed by atoms with Crippen molar-refractivity contribution in [2.45, 2.75) is 6.18 Å². The van der Waals surface area contributed by atoms with Crippen molar-refractivity contribution >= 4 is 45.0 Å². The smallest absolute Gasteiger partial charge is 0.322 e. The molecular weight excluding hydrogens is 427 g/mol. The van der Waals surface area contributed by atoms with Crippen molar-refractivity contribution in [1.82, 2.24) is 20.2 Å². The third-order valence-corrected chi connectivity index (χ3v) is 5.17. The second kappa shape index (κ2) is 7.24. The fraction of sp³-hybridized carbons (Fsp3) is 0.0455. The maximum Gasteiger partial charge on any atom is 0.416 e. The standard InChI is InChI=1S/C22H13ClF3N5/c23-16-7-3-1-5-13(16)19-27-17-8-4-2-6-14(17)20(28-19)29-21-15-11-12(22(24,25)26)9-10-18(15)30-31-21/h1-11H,(H2,27,28,29,30,31). The molecule has 5 rings (SSSR count). The Labute approximate surface area is 178 Å². The van der Waals surface area contributed by atoms with Crippen molar-refractivity contribution in [2.75, 3.05) is 5.32 Å². The van der Waals surface area contributed by atoms with Gasteiger partial charge in [-0.2, -0.15) is 18.3 Å². The van der Waals surface area contributed by atoms with Crippen molar-refractivity contribution in [3.05, 3.63) is 77.3 Å². The van der Waals surface area contributed by atoms with Gasteiger partial charge in [0.15, 0.2) is 11.6 Å². The molecule has 0 saturated carbocycles. The largest absolute Gasteiger partial charge is 0.416 e. The van der Waals surface area contributed by atoms with Crippen LogP contribution in [0.5, 0.6) is 0 Å². The highest BCUT2D eigenvalue weighted by Crippen LogP contribution is 2.35. The maximum atomic E-state index is 13.2. The number of halogens is 4. The summed E-state index contributed by atoms with van der Waals surface area (Å²) >= 11 is 6.32. The lowest BCUT2D eigenvalue weighted by atomic mass is 10.1. The molecule has 154 valence electrons. The van der Waals surface area contributed by atoms with Gasteiger partial charge in [0.1, 0.15) is 5.82 Å². The molecule has 0 radical (unpaired) electrons. The summed E-state index contributed by atoms with van der Waals surface area (Å²) in [7, 11) is 0. The highest BCUT2D eigenvalue weighted by Gasteiger charge is 2.31. The number of fused-ring (bicyclic) bond motifs is 2. The second-order valence-corrected chi connectivity index (χ2v) is 7.26. The monoisotopic (exact) mass is 439 g/mol. The number of H-pyrrole nitrogens is 1. The van der Waals surface area contributed by atoms with Crippen molar-refractivity contribution in [1.29, 1.82) is 0 Å². The minimum Gasteiger partial charge on any atom is -0.322 e. The number of hydrogen-bond acceptors (Lipinski definition) is 4. The molecule has 2 aromatic heterocycles. The van der Waals surface area contributed by atoms with E-state index >= 15 is 0 Å². The van der Waals surface area contributed by atoms with E-state index in [1.807, 2.05) is 30.3 Å². The zero-order chi connectivity index (χ0) is 21.6. The Morgan fingerprint density at radius 2 is 1.61 bits per heavy atom. The van der Waals surface area contributed by atoms with E-state index in [1.54, 1.807) is 18.2 Å². The number of para-hydroxylation sites is 1. The van der Waals surface area contributed by atoms with Gasteiger partial charge in [0, 0.05) is 16.3 Å². The van der Waals surface area contributed by atoms with Crippen LogP contribution < -0.4 is 5.32 Å². The minimum atomic E-state index is -4.46. The first-order valence-corrected chi connectivity index (χ1v) is 9.62. The van der Waals surface area contributed by atoms with Gasteiger partial charge >= 0.3 is 6.18 Å². The van der Waals surface area contributed by atoms with Crippen LogP contribution in [0.4, 0.5) is 24.8 Å². The predicted octanol–water partition coefficient (Wildman–Crippen LogP) is 6.59. The molecule has 0 atom stereocenters. The van der Waals surface area contributed by atoms with Gasteiger partial charge in [-0.05, 0) is 42.5 Å². The molecule has 2 N–H and O–H groups in total. The Bertz CT molecular complexity index is 1430. The second-order valence-electron chi connectivity index (χ2n) is 6.85. The van der Waals surface area contributed by atoms with E-state index in [0.717, 1.165) is 12.1 Å². The quantitative estimate of drug-likeness (QED) is 0.333. The Kier molecular flexibility index (Phi) is 4.51. The van der Waals surface area contributed by atoms with Crippen LogP contribution in [-0.2, 0) is 6.18 Å². The van der Waals surface area contributed by atoms with Crippen LogP contribution in [0.3, 0.4) is 0 Å². The average molecular weight is 440 g/mol. The van der Waals surface area contributed by atoms with Gasteiger partial charge in [0.05, 0.1) is 21.6 Å². The highest BCUT2D eigenvalue weighted by atomic mass is 35.5. The van der Waals surface area contributed by atoms with E-state index < -0.39 is 11.7 Å². The number of alkyl halides is 3. The van der Waals surface area contributed by atoms with Crippen molar-refractivity contribution in [3.63, 3.8) is 0 Å². The molecule has 0 aliphatic carbocycles. The van der Waals surface area contributed by atoms with E-state index in [-0.39, 0.29) is 5.82 Å². The van der Waals surface area contributed by atoms with E-state index in [0.29, 0.717) is 44.0 Å². The molecule has 5 aromatic rings. The molecule has 0 unspecified atom stereocenters. The van der Waals surface area contributed by atoms with Crippen LogP contribution in [0.1, 0.15) is 5.56 Å². The minimum absolute atomic E-state index is 0.232. The molecule has 9 heteroatoms. The first kappa shape index (κ1) is 19.3. The number of nitrogens with zero attached hydrogens (tertiary/aromatic N) is 3. The average Bonchev–Trinajstić information content (AvgIpc) is 3.15. The molecule has 0 amide bonds. The molecule has 0 saturated heterocycles. The number of benzene rings is 3. The summed E-state index contributed by atoms with van der Waals surface area (Å²) < 4.78 is 39.5. The van der Waals surface area contributed by atoms with Crippen molar-refractivity contribution in [2.24, 2.45) is 0 Å². The predicted molar refractivity (Wildman–Crippen MR) is 114 cm³/mol. The van der Waals surface area contributed by atoms with E-state index in [9.17, 15) is 13.2 Å². The summed E-state index contributed by atoms with van der Waals surface area (Å²) in [5.41, 5.74) is 1.02. The van der Waals surface area contributed by atoms with Gasteiger partial charge in [-0.25, -0.2) is 9.97 Å². The summed E-state index contributed by atoms with van der Waals surface area (Å²) in [6, 6.07) is 17.9. The lowest BCUT2D eigenvalue weighted by Gasteiger charge is -2.11. The zero-order valence-electron chi connectivity index (χ0n) is 15.7. The molecule has 5 nitrogen and oxygen atoms in total. The number of hydrogen-bond donors (Lipinski definition) is 2. The lowest BCUT2D eigenvalue weighted by Crippen LogP contribution is -2.04. The summed E-state index contributed by atoms with van der Waals surface area (Å²) in [5.74, 6) is 1.03. The topological polar surface area (TPSA) is 66.5 Å². The summed E-state index contributed by atoms with van der Waals surface area (Å²) in [6.07, 6.45) is -4.46. The first-order valence-electron chi connectivity index (χ1n) is 9.24. The van der Waals surface area contributed by atoms with Crippen LogP contribution >= 0.6 is 11.6 Å². The Morgan fingerprint density at radius 1 is 0.839 bits per heavy atom. The molecule has 0 aliphatic rings. The fourth-order valence-corrected chi connectivity index (χ4v) is 3.55. The molecule has 0 spiro atoms. The van der Waals surface area contributed by atoms with Gasteiger partial charge in [-0.15, -0.1) is 0 Å². The summed E-state index contributed by atoms with van der Waals surface area (Å²) in [5, 5.41) is 11.5. The molecule has 2 heterocycles. The van der Waals surface area contributed by atoms with Crippen LogP contribution in [-0.4, -0.2) is 20.2 Å². The highest BCUT2D eigenvalue weighted by molar-refractivity contribution is 6.33. The number of nitrogens with one attached hydrogen (secondary N) is 2. The van der Waals surface area contributed by atoms with Crippen LogP contribution in [0.2, 0.25) is 5.02 Å². The Hall–Kier alpha value is -3.65. The summed E-state index contributed by atoms with van der Waals surface area (Å²) in [4.78, 5) is 9.19. The first-order chi connectivity index (χ1) is 14.9. The van der Waals surface area contributed by atoms with Gasteiger partial charge in [0.2, 0.25) is 0 Å². The zero-order valence-corrected chi connectivity index (χ0v) is 16.5. The number of aromatic amines is 1. The van der Waals surface area contributed by atoms with Gasteiger partial charge < -0.3 is 5.32 Å². The number of anilines is 2. The van der Waals surface area contributed by atoms with E-state index in [2.05, 4.69) is 25.5 Å². The Morgan fingerprint density at radius 3 is 2.42 bits per heavy atom. The van der Waals surface area contributed by atoms with E-state index in [1.165, 1.54) is 6.07 Å². The maximum absolute atomic E-state index is 13.2. The van der Waals surface area contributed by atoms with Crippen molar-refractivity contribution in [3.8, 4) is 11.4 Å². The molecule has 31 heavy (non-hydrogen) atoms. The molecule has 0 bridgehead atoms. The van der Waals surface area contributed by atoms with Gasteiger partial charge in [-0.1, -0.05) is 35.9 Å². The lowest BCUT2D eigenvalue weighted by molar-refractivity contribution is -0.137. The molecule has 0 fully saturated rings. The molecule has 0 aliphatic heterocycles. The summed E-state index contributed by atoms with van der Waals surface area (Å²) in [6.45, 7) is 0. The SMILES string of the molecule is FC(F)(F)c1ccc2[nH]nc(Nc3nc(-c4ccccc4Cl)nc4ccccc34)c2c1. The van der Waals surface area contributed by atoms with E-state index in [4.69, 9.17) is 11.6 Å². The van der Waals surface area contributed by atoms with Crippen LogP contribution in [0.15, 0.2) is 66.7 Å². The third-order valence-electron chi connectivity index (χ3n) is 4.84. The molecular formula is C22H13ClF3N5. The molecule has 3 aromatic carbocycles. The normalized spacial score (nSPS) is 11.9. The van der Waals surface area contributed by atoms with Crippen molar-refractivity contribution < 1.29 is 13.2 Å². The fourth-order valence-electron chi connectivity index (χ4n) is 3.33. The van der Waals surface area contributed by atoms with Gasteiger partial charge in [0.25, 0.3) is 0 Å². The Balaban J connectivity index is 1.66. The number of rotatable bonds is 3. The van der Waals surface area contributed by atoms with Crippen LogP contribution in [0, 0.1) is 0 Å².